The van der Waals surface area contributed by atoms with Crippen LogP contribution in [0.1, 0.15) is 52.9 Å². The molecule has 1 atom stereocenters. The number of hydrogen-bond donors (Lipinski definition) is 2. The van der Waals surface area contributed by atoms with Gasteiger partial charge in [0.05, 0.1) is 17.9 Å². The second-order valence-corrected chi connectivity index (χ2v) is 7.54. The van der Waals surface area contributed by atoms with Gasteiger partial charge in [0.2, 0.25) is 0 Å². The van der Waals surface area contributed by atoms with E-state index in [9.17, 15) is 14.4 Å². The molecule has 0 radical (unpaired) electrons. The van der Waals surface area contributed by atoms with Gasteiger partial charge in [-0.25, -0.2) is 4.79 Å². The molecule has 142 valence electrons. The molecular formula is C18H30N2O5. The maximum Gasteiger partial charge on any atom is 0.317 e. The molecule has 2 fully saturated rings. The van der Waals surface area contributed by atoms with Gasteiger partial charge < -0.3 is 20.1 Å². The van der Waals surface area contributed by atoms with E-state index in [1.807, 2.05) is 13.8 Å². The van der Waals surface area contributed by atoms with E-state index in [-0.39, 0.29) is 29.9 Å². The molecule has 25 heavy (non-hydrogen) atoms. The highest BCUT2D eigenvalue weighted by Gasteiger charge is 2.49. The van der Waals surface area contributed by atoms with Crippen molar-refractivity contribution in [3.05, 3.63) is 0 Å². The number of carbonyl (C=O) groups is 3. The molecule has 0 aromatic carbocycles. The lowest BCUT2D eigenvalue weighted by Gasteiger charge is -2.32. The van der Waals surface area contributed by atoms with Crippen molar-refractivity contribution in [2.24, 2.45) is 17.3 Å². The van der Waals surface area contributed by atoms with Crippen molar-refractivity contribution in [2.75, 3.05) is 19.7 Å². The number of rotatable bonds is 5. The van der Waals surface area contributed by atoms with Crippen LogP contribution in [0.4, 0.5) is 4.79 Å². The summed E-state index contributed by atoms with van der Waals surface area (Å²) in [7, 11) is 0. The van der Waals surface area contributed by atoms with E-state index in [1.165, 1.54) is 0 Å². The lowest BCUT2D eigenvalue weighted by Crippen LogP contribution is -2.48. The number of aliphatic carboxylic acids is 1. The standard InChI is InChI=1S/C18H30N2O5/c1-4-25-16(23)18(12(2)3)9-10-20(11-18)17(24)19-14-7-5-13(6-8-14)15(21)22/h12-14H,4-11H2,1-3H3,(H,19,24)(H,21,22). The smallest absolute Gasteiger partial charge is 0.317 e. The number of carbonyl (C=O) groups excluding carboxylic acids is 2. The minimum absolute atomic E-state index is 0.0137. The van der Waals surface area contributed by atoms with Crippen LogP contribution in [0.3, 0.4) is 0 Å². The highest BCUT2D eigenvalue weighted by atomic mass is 16.5. The molecule has 1 unspecified atom stereocenters. The summed E-state index contributed by atoms with van der Waals surface area (Å²) in [5.74, 6) is -1.17. The first kappa shape index (κ1) is 19.5. The predicted molar refractivity (Wildman–Crippen MR) is 92.0 cm³/mol. The van der Waals surface area contributed by atoms with Crippen molar-refractivity contribution >= 4 is 18.0 Å². The van der Waals surface area contributed by atoms with E-state index in [4.69, 9.17) is 9.84 Å². The Morgan fingerprint density at radius 1 is 1.24 bits per heavy atom. The first-order valence-electron chi connectivity index (χ1n) is 9.25. The summed E-state index contributed by atoms with van der Waals surface area (Å²) in [5, 5.41) is 12.1. The van der Waals surface area contributed by atoms with E-state index in [2.05, 4.69) is 5.32 Å². The highest BCUT2D eigenvalue weighted by molar-refractivity contribution is 5.81. The van der Waals surface area contributed by atoms with Crippen LogP contribution < -0.4 is 5.32 Å². The Kier molecular flexibility index (Phi) is 6.30. The summed E-state index contributed by atoms with van der Waals surface area (Å²) in [6, 6.07) is -0.148. The van der Waals surface area contributed by atoms with Gasteiger partial charge >= 0.3 is 18.0 Å². The molecule has 0 spiro atoms. The third-order valence-corrected chi connectivity index (χ3v) is 5.78. The number of amides is 2. The van der Waals surface area contributed by atoms with Gasteiger partial charge in [0, 0.05) is 19.1 Å². The predicted octanol–water partition coefficient (Wildman–Crippen LogP) is 2.25. The van der Waals surface area contributed by atoms with Gasteiger partial charge in [0.25, 0.3) is 0 Å². The Bertz CT molecular complexity index is 514. The largest absolute Gasteiger partial charge is 0.481 e. The molecule has 0 aromatic heterocycles. The Labute approximate surface area is 149 Å². The first-order valence-corrected chi connectivity index (χ1v) is 9.25. The summed E-state index contributed by atoms with van der Waals surface area (Å²) in [6.45, 7) is 7.02. The third-order valence-electron chi connectivity index (χ3n) is 5.78. The molecule has 0 bridgehead atoms. The normalized spacial score (nSPS) is 29.5. The number of nitrogens with one attached hydrogen (secondary N) is 1. The van der Waals surface area contributed by atoms with Gasteiger partial charge in [-0.1, -0.05) is 13.8 Å². The number of ether oxygens (including phenoxy) is 1. The average molecular weight is 354 g/mol. The topological polar surface area (TPSA) is 95.9 Å². The Balaban J connectivity index is 1.91. The lowest BCUT2D eigenvalue weighted by molar-refractivity contribution is -0.157. The molecule has 1 aliphatic carbocycles. The zero-order chi connectivity index (χ0) is 18.6. The highest BCUT2D eigenvalue weighted by Crippen LogP contribution is 2.39. The van der Waals surface area contributed by atoms with Crippen molar-refractivity contribution in [2.45, 2.75) is 58.9 Å². The van der Waals surface area contributed by atoms with Gasteiger partial charge in [-0.05, 0) is 44.9 Å². The molecule has 7 nitrogen and oxygen atoms in total. The monoisotopic (exact) mass is 354 g/mol. The fourth-order valence-electron chi connectivity index (χ4n) is 3.91. The Morgan fingerprint density at radius 3 is 2.40 bits per heavy atom. The first-order chi connectivity index (χ1) is 11.8. The quantitative estimate of drug-likeness (QED) is 0.738. The number of hydrogen-bond acceptors (Lipinski definition) is 4. The van der Waals surface area contributed by atoms with Crippen LogP contribution in [0.5, 0.6) is 0 Å². The van der Waals surface area contributed by atoms with Crippen molar-refractivity contribution < 1.29 is 24.2 Å². The van der Waals surface area contributed by atoms with E-state index >= 15 is 0 Å². The summed E-state index contributed by atoms with van der Waals surface area (Å²) < 4.78 is 5.25. The summed E-state index contributed by atoms with van der Waals surface area (Å²) in [5.41, 5.74) is -0.631. The molecule has 0 aromatic rings. The van der Waals surface area contributed by atoms with Crippen LogP contribution in [-0.4, -0.2) is 53.7 Å². The van der Waals surface area contributed by atoms with E-state index in [1.54, 1.807) is 11.8 Å². The zero-order valence-corrected chi connectivity index (χ0v) is 15.4. The summed E-state index contributed by atoms with van der Waals surface area (Å²) in [6.07, 6.45) is 3.17. The fraction of sp³-hybridized carbons (Fsp3) is 0.833. The molecule has 1 aliphatic heterocycles. The molecule has 1 heterocycles. The maximum atomic E-state index is 12.6. The van der Waals surface area contributed by atoms with Crippen LogP contribution in [0.25, 0.3) is 0 Å². The Morgan fingerprint density at radius 2 is 1.88 bits per heavy atom. The SMILES string of the molecule is CCOC(=O)C1(C(C)C)CCN(C(=O)NC2CCC(C(=O)O)CC2)C1. The van der Waals surface area contributed by atoms with Gasteiger partial charge in [-0.3, -0.25) is 9.59 Å². The average Bonchev–Trinajstić information content (AvgIpc) is 3.02. The number of urea groups is 1. The number of likely N-dealkylation sites (tertiary alicyclic amines) is 1. The van der Waals surface area contributed by atoms with Gasteiger partial charge in [-0.2, -0.15) is 0 Å². The van der Waals surface area contributed by atoms with Gasteiger partial charge in [0.1, 0.15) is 0 Å². The van der Waals surface area contributed by atoms with Crippen LogP contribution in [-0.2, 0) is 14.3 Å². The van der Waals surface area contributed by atoms with Crippen molar-refractivity contribution in [1.82, 2.24) is 10.2 Å². The second kappa shape index (κ2) is 8.06. The molecule has 1 saturated carbocycles. The van der Waals surface area contributed by atoms with E-state index in [0.717, 1.165) is 0 Å². The zero-order valence-electron chi connectivity index (χ0n) is 15.4. The van der Waals surface area contributed by atoms with E-state index in [0.29, 0.717) is 51.8 Å². The van der Waals surface area contributed by atoms with Crippen molar-refractivity contribution in [1.29, 1.82) is 0 Å². The van der Waals surface area contributed by atoms with Crippen LogP contribution in [0, 0.1) is 17.3 Å². The second-order valence-electron chi connectivity index (χ2n) is 7.54. The molecule has 1 saturated heterocycles. The fourth-order valence-corrected chi connectivity index (χ4v) is 3.91. The molecule has 7 heteroatoms. The molecule has 2 rings (SSSR count). The summed E-state index contributed by atoms with van der Waals surface area (Å²) >= 11 is 0. The Hall–Kier alpha value is -1.79. The number of nitrogens with zero attached hydrogens (tertiary/aromatic N) is 1. The van der Waals surface area contributed by atoms with Gasteiger partial charge in [-0.15, -0.1) is 0 Å². The number of esters is 1. The maximum absolute atomic E-state index is 12.6. The minimum atomic E-state index is -0.750. The minimum Gasteiger partial charge on any atom is -0.481 e. The van der Waals surface area contributed by atoms with Crippen molar-refractivity contribution in [3.63, 3.8) is 0 Å². The molecule has 2 amide bonds. The van der Waals surface area contributed by atoms with Crippen LogP contribution in [0.15, 0.2) is 0 Å². The van der Waals surface area contributed by atoms with Crippen LogP contribution in [0.2, 0.25) is 0 Å². The molecule has 2 aliphatic rings. The summed E-state index contributed by atoms with van der Waals surface area (Å²) in [4.78, 5) is 37.7. The lowest BCUT2D eigenvalue weighted by atomic mass is 9.76. The number of carboxylic acid groups (broad SMARTS) is 1. The van der Waals surface area contributed by atoms with Crippen LogP contribution >= 0.6 is 0 Å². The van der Waals surface area contributed by atoms with E-state index < -0.39 is 11.4 Å². The van der Waals surface area contributed by atoms with Crippen molar-refractivity contribution in [3.8, 4) is 0 Å². The third kappa shape index (κ3) is 4.25. The number of carboxylic acids is 1. The molecule has 2 N–H and O–H groups in total. The molecular weight excluding hydrogens is 324 g/mol. The van der Waals surface area contributed by atoms with Gasteiger partial charge in [0.15, 0.2) is 0 Å².